The lowest BCUT2D eigenvalue weighted by molar-refractivity contribution is 0.960. The molecule has 0 amide bonds. The molecule has 7 aromatic carbocycles. The first-order valence-corrected chi connectivity index (χ1v) is 22.0. The van der Waals surface area contributed by atoms with Crippen molar-refractivity contribution in [3.63, 3.8) is 0 Å². The summed E-state index contributed by atoms with van der Waals surface area (Å²) in [6.45, 7) is 20.3. The van der Waals surface area contributed by atoms with E-state index in [1.165, 1.54) is 58.0 Å². The summed E-state index contributed by atoms with van der Waals surface area (Å²) in [5.74, 6) is 0. The molecule has 0 unspecified atom stereocenters. The maximum Gasteiger partial charge on any atom is 0.266 e. The van der Waals surface area contributed by atoms with Gasteiger partial charge in [-0.2, -0.15) is 0 Å². The molecule has 42 heavy (non-hydrogen) atoms. The SMILES string of the molecule is Cc1ccc(C)c(-n2c(=O)c3c4cc([Si](C)(C)C)c5ccc6ccc7c([Si](C)(C)C)cc(c3c2=O)c2c7c6c5c42)c1C. The molecule has 0 N–H and O–H groups in total. The van der Waals surface area contributed by atoms with E-state index in [1.807, 2.05) is 26.8 Å². The Morgan fingerprint density at radius 3 is 1.38 bits per heavy atom. The summed E-state index contributed by atoms with van der Waals surface area (Å²) in [7, 11) is -3.67. The number of benzene rings is 6. The van der Waals surface area contributed by atoms with Gasteiger partial charge in [-0.15, -0.1) is 0 Å². The Hall–Kier alpha value is -3.81. The Labute approximate surface area is 246 Å². The minimum Gasteiger partial charge on any atom is -0.268 e. The Morgan fingerprint density at radius 1 is 0.500 bits per heavy atom. The molecule has 0 spiro atoms. The lowest BCUT2D eigenvalue weighted by Crippen LogP contribution is -2.38. The van der Waals surface area contributed by atoms with Crippen LogP contribution in [-0.4, -0.2) is 20.7 Å². The Morgan fingerprint density at radius 2 is 0.929 bits per heavy atom. The summed E-state index contributed by atoms with van der Waals surface area (Å²) >= 11 is 0. The van der Waals surface area contributed by atoms with E-state index in [-0.39, 0.29) is 11.1 Å². The first-order chi connectivity index (χ1) is 19.7. The van der Waals surface area contributed by atoms with E-state index < -0.39 is 16.1 Å². The zero-order valence-corrected chi connectivity index (χ0v) is 27.9. The van der Waals surface area contributed by atoms with E-state index in [1.54, 1.807) is 0 Å². The summed E-state index contributed by atoms with van der Waals surface area (Å²) in [6.07, 6.45) is 0. The minimum atomic E-state index is -1.83. The van der Waals surface area contributed by atoms with Crippen molar-refractivity contribution in [2.45, 2.75) is 60.1 Å². The zero-order valence-electron chi connectivity index (χ0n) is 25.9. The number of fused-ring (bicyclic) bond motifs is 3. The van der Waals surface area contributed by atoms with Crippen molar-refractivity contribution in [2.24, 2.45) is 0 Å². The maximum atomic E-state index is 14.7. The molecule has 0 bridgehead atoms. The number of aryl methyl sites for hydroxylation is 2. The van der Waals surface area contributed by atoms with Crippen LogP contribution in [0.5, 0.6) is 0 Å². The topological polar surface area (TPSA) is 39.1 Å². The van der Waals surface area contributed by atoms with E-state index >= 15 is 0 Å². The van der Waals surface area contributed by atoms with Crippen LogP contribution in [0.15, 0.2) is 58.1 Å². The van der Waals surface area contributed by atoms with Crippen molar-refractivity contribution in [3.8, 4) is 5.69 Å². The van der Waals surface area contributed by atoms with Crippen LogP contribution in [0.3, 0.4) is 0 Å². The smallest absolute Gasteiger partial charge is 0.266 e. The summed E-state index contributed by atoms with van der Waals surface area (Å²) in [5, 5.41) is 15.9. The highest BCUT2D eigenvalue weighted by Crippen LogP contribution is 2.49. The van der Waals surface area contributed by atoms with Crippen LogP contribution in [0.25, 0.3) is 70.3 Å². The fourth-order valence-electron chi connectivity index (χ4n) is 7.91. The fraction of sp³-hybridized carbons (Fsp3) is 0.243. The van der Waals surface area contributed by atoms with Crippen molar-refractivity contribution < 1.29 is 0 Å². The van der Waals surface area contributed by atoms with Gasteiger partial charge in [0.25, 0.3) is 11.1 Å². The highest BCUT2D eigenvalue weighted by atomic mass is 28.3. The Bertz CT molecular complexity index is 2400. The van der Waals surface area contributed by atoms with E-state index in [4.69, 9.17) is 0 Å². The predicted molar refractivity (Wildman–Crippen MR) is 188 cm³/mol. The van der Waals surface area contributed by atoms with Gasteiger partial charge < -0.3 is 0 Å². The molecule has 1 heterocycles. The van der Waals surface area contributed by atoms with Gasteiger partial charge in [0.1, 0.15) is 0 Å². The molecule has 3 nitrogen and oxygen atoms in total. The summed E-state index contributed by atoms with van der Waals surface area (Å²) < 4.78 is 1.49. The van der Waals surface area contributed by atoms with E-state index in [2.05, 4.69) is 81.7 Å². The predicted octanol–water partition coefficient (Wildman–Crippen LogP) is 7.88. The third kappa shape index (κ3) is 2.95. The van der Waals surface area contributed by atoms with Crippen LogP contribution >= 0.6 is 0 Å². The molecule has 0 atom stereocenters. The third-order valence-corrected chi connectivity index (χ3v) is 14.1. The van der Waals surface area contributed by atoms with Gasteiger partial charge in [0.2, 0.25) is 0 Å². The molecule has 8 rings (SSSR count). The molecule has 5 heteroatoms. The van der Waals surface area contributed by atoms with Gasteiger partial charge in [-0.05, 0) is 91.3 Å². The standard InChI is InChI=1S/C37H35NO2Si2/c1-18-10-11-19(2)35(20(18)3)38-36(39)33-24-16-26(41(4,5)6)22-14-12-21-13-15-23-27(42(7,8)9)17-25(34(33)37(38)40)32-30(23)28(21)29(22)31(24)32/h10-17H,1-9H3. The molecule has 0 saturated heterocycles. The molecule has 0 saturated carbocycles. The largest absolute Gasteiger partial charge is 0.268 e. The number of nitrogens with zero attached hydrogens (tertiary/aromatic N) is 1. The summed E-state index contributed by atoms with van der Waals surface area (Å²) in [4.78, 5) is 29.5. The molecular formula is C37H35NO2Si2. The highest BCUT2D eigenvalue weighted by molar-refractivity contribution is 6.91. The van der Waals surface area contributed by atoms with Gasteiger partial charge in [-0.3, -0.25) is 9.59 Å². The van der Waals surface area contributed by atoms with Gasteiger partial charge in [0, 0.05) is 0 Å². The average molecular weight is 582 g/mol. The first kappa shape index (κ1) is 25.9. The fourth-order valence-corrected chi connectivity index (χ4v) is 11.1. The van der Waals surface area contributed by atoms with Gasteiger partial charge in [-0.1, -0.05) is 98.2 Å². The average Bonchev–Trinajstić information content (AvgIpc) is 3.41. The Kier molecular flexibility index (Phi) is 4.79. The monoisotopic (exact) mass is 581 g/mol. The molecule has 208 valence electrons. The van der Waals surface area contributed by atoms with Crippen molar-refractivity contribution in [1.82, 2.24) is 4.57 Å². The van der Waals surface area contributed by atoms with E-state index in [9.17, 15) is 9.59 Å². The number of rotatable bonds is 3. The molecular weight excluding hydrogens is 547 g/mol. The second-order valence-corrected chi connectivity index (χ2v) is 24.7. The Balaban J connectivity index is 1.77. The first-order valence-electron chi connectivity index (χ1n) is 15.0. The normalized spacial score (nSPS) is 13.5. The van der Waals surface area contributed by atoms with Crippen LogP contribution in [-0.2, 0) is 0 Å². The van der Waals surface area contributed by atoms with Gasteiger partial charge in [0.05, 0.1) is 32.6 Å². The number of hydrogen-bond acceptors (Lipinski definition) is 2. The molecule has 0 fully saturated rings. The molecule has 1 aromatic heterocycles. The van der Waals surface area contributed by atoms with E-state index in [0.29, 0.717) is 10.8 Å². The summed E-state index contributed by atoms with van der Waals surface area (Å²) in [6, 6.07) is 17.9. The maximum absolute atomic E-state index is 14.7. The molecule has 0 aliphatic heterocycles. The van der Waals surface area contributed by atoms with Crippen LogP contribution in [0, 0.1) is 20.8 Å². The van der Waals surface area contributed by atoms with Crippen LogP contribution in [0.4, 0.5) is 0 Å². The second-order valence-electron chi connectivity index (χ2n) is 14.6. The van der Waals surface area contributed by atoms with Gasteiger partial charge >= 0.3 is 0 Å². The quantitative estimate of drug-likeness (QED) is 0.157. The van der Waals surface area contributed by atoms with Crippen LogP contribution in [0.2, 0.25) is 39.3 Å². The summed E-state index contributed by atoms with van der Waals surface area (Å²) in [5.41, 5.74) is 3.36. The third-order valence-electron chi connectivity index (χ3n) is 10.00. The van der Waals surface area contributed by atoms with Crippen LogP contribution in [0.1, 0.15) is 16.7 Å². The lowest BCUT2D eigenvalue weighted by atomic mass is 9.95. The molecule has 0 aliphatic carbocycles. The van der Waals surface area contributed by atoms with Gasteiger partial charge in [-0.25, -0.2) is 4.57 Å². The zero-order chi connectivity index (χ0) is 29.8. The molecule has 0 aliphatic rings. The van der Waals surface area contributed by atoms with Gasteiger partial charge in [0.15, 0.2) is 0 Å². The van der Waals surface area contributed by atoms with E-state index in [0.717, 1.165) is 33.2 Å². The van der Waals surface area contributed by atoms with Crippen LogP contribution < -0.4 is 21.5 Å². The van der Waals surface area contributed by atoms with Crippen molar-refractivity contribution in [2.75, 3.05) is 0 Å². The molecule has 0 radical (unpaired) electrons. The number of aromatic nitrogens is 1. The molecule has 8 aromatic rings. The van der Waals surface area contributed by atoms with Crippen molar-refractivity contribution in [3.05, 3.63) is 85.9 Å². The number of hydrogen-bond donors (Lipinski definition) is 0. The minimum absolute atomic E-state index is 0.188. The van der Waals surface area contributed by atoms with Crippen molar-refractivity contribution >= 4 is 91.2 Å². The second kappa shape index (κ2) is 7.77. The van der Waals surface area contributed by atoms with Crippen molar-refractivity contribution in [1.29, 1.82) is 0 Å². The highest BCUT2D eigenvalue weighted by Gasteiger charge is 2.33. The lowest BCUT2D eigenvalue weighted by Gasteiger charge is -2.21.